The highest BCUT2D eigenvalue weighted by atomic mass is 35.5. The van der Waals surface area contributed by atoms with E-state index in [4.69, 9.17) is 23.2 Å². The first-order chi connectivity index (χ1) is 11.6. The van der Waals surface area contributed by atoms with Gasteiger partial charge in [0.15, 0.2) is 0 Å². The fourth-order valence-electron chi connectivity index (χ4n) is 2.09. The lowest BCUT2D eigenvalue weighted by molar-refractivity contribution is 0.628. The molecular weight excluding hydrogens is 366 g/mol. The van der Waals surface area contributed by atoms with Crippen molar-refractivity contribution in [3.63, 3.8) is 0 Å². The third-order valence-corrected chi connectivity index (χ3v) is 4.67. The molecule has 24 heavy (non-hydrogen) atoms. The summed E-state index contributed by atoms with van der Waals surface area (Å²) in [6, 6.07) is 13.2. The summed E-state index contributed by atoms with van der Waals surface area (Å²) in [6.07, 6.45) is 1.67. The molecule has 2 aromatic carbocycles. The lowest BCUT2D eigenvalue weighted by atomic mass is 10.1. The first kappa shape index (κ1) is 16.7. The maximum absolute atomic E-state index is 13.0. The number of nitrogens with zero attached hydrogens (tertiary/aromatic N) is 2. The molecule has 0 saturated carbocycles. The van der Waals surface area contributed by atoms with Crippen molar-refractivity contribution >= 4 is 46.2 Å². The highest BCUT2D eigenvalue weighted by Crippen LogP contribution is 2.33. The quantitative estimate of drug-likeness (QED) is 0.502. The molecule has 118 valence electrons. The molecule has 0 bridgehead atoms. The Morgan fingerprint density at radius 3 is 2.58 bits per heavy atom. The van der Waals surface area contributed by atoms with E-state index < -0.39 is 0 Å². The van der Waals surface area contributed by atoms with Crippen LogP contribution in [0.5, 0.6) is 0 Å². The molecule has 6 heteroatoms. The van der Waals surface area contributed by atoms with Gasteiger partial charge in [-0.05, 0) is 42.0 Å². The van der Waals surface area contributed by atoms with E-state index in [2.05, 4.69) is 11.1 Å². The van der Waals surface area contributed by atoms with Gasteiger partial charge in [-0.25, -0.2) is 9.37 Å². The minimum Gasteiger partial charge on any atom is -0.235 e. The van der Waals surface area contributed by atoms with Gasteiger partial charge in [0.25, 0.3) is 0 Å². The molecule has 0 atom stereocenters. The third kappa shape index (κ3) is 3.65. The Bertz CT molecular complexity index is 956. The molecule has 0 unspecified atom stereocenters. The number of nitriles is 1. The van der Waals surface area contributed by atoms with Crippen LogP contribution < -0.4 is 0 Å². The van der Waals surface area contributed by atoms with Crippen LogP contribution in [0, 0.1) is 17.1 Å². The van der Waals surface area contributed by atoms with Crippen molar-refractivity contribution in [3.05, 3.63) is 74.3 Å². The van der Waals surface area contributed by atoms with Gasteiger partial charge < -0.3 is 0 Å². The Balaban J connectivity index is 1.96. The van der Waals surface area contributed by atoms with Crippen LogP contribution in [0.4, 0.5) is 4.39 Å². The topological polar surface area (TPSA) is 36.7 Å². The molecule has 0 N–H and O–H groups in total. The van der Waals surface area contributed by atoms with Crippen LogP contribution in [0.1, 0.15) is 10.6 Å². The molecule has 0 aliphatic carbocycles. The number of thiazole rings is 1. The van der Waals surface area contributed by atoms with Gasteiger partial charge >= 0.3 is 0 Å². The summed E-state index contributed by atoms with van der Waals surface area (Å²) < 4.78 is 13.0. The predicted molar refractivity (Wildman–Crippen MR) is 97.5 cm³/mol. The van der Waals surface area contributed by atoms with E-state index in [-0.39, 0.29) is 5.82 Å². The third-order valence-electron chi connectivity index (χ3n) is 3.24. The standard InChI is InChI=1S/C18H9Cl2FN2S/c19-13-3-6-15(16(20)8-13)17-10-24-18(23-17)12(9-22)7-11-1-4-14(21)5-2-11/h1-8,10H/b12-7+. The van der Waals surface area contributed by atoms with Crippen molar-refractivity contribution in [2.24, 2.45) is 0 Å². The van der Waals surface area contributed by atoms with E-state index in [9.17, 15) is 9.65 Å². The normalized spacial score (nSPS) is 11.3. The fourth-order valence-corrected chi connectivity index (χ4v) is 3.38. The number of benzene rings is 2. The molecule has 0 radical (unpaired) electrons. The summed E-state index contributed by atoms with van der Waals surface area (Å²) >= 11 is 13.4. The van der Waals surface area contributed by atoms with Crippen molar-refractivity contribution in [3.8, 4) is 17.3 Å². The van der Waals surface area contributed by atoms with E-state index in [0.29, 0.717) is 26.3 Å². The van der Waals surface area contributed by atoms with E-state index in [0.717, 1.165) is 11.1 Å². The minimum atomic E-state index is -0.320. The van der Waals surface area contributed by atoms with Crippen LogP contribution in [0.3, 0.4) is 0 Å². The Morgan fingerprint density at radius 2 is 1.92 bits per heavy atom. The first-order valence-corrected chi connectivity index (χ1v) is 8.49. The summed E-state index contributed by atoms with van der Waals surface area (Å²) in [5, 5.41) is 12.9. The smallest absolute Gasteiger partial charge is 0.134 e. The Kier molecular flexibility index (Phi) is 4.96. The summed E-state index contributed by atoms with van der Waals surface area (Å²) in [5.41, 5.74) is 2.57. The molecule has 3 aromatic rings. The highest BCUT2D eigenvalue weighted by molar-refractivity contribution is 7.11. The second-order valence-corrected chi connectivity index (χ2v) is 6.59. The molecule has 0 aliphatic rings. The van der Waals surface area contributed by atoms with Crippen LogP contribution in [0.2, 0.25) is 10.0 Å². The second-order valence-electron chi connectivity index (χ2n) is 4.88. The average Bonchev–Trinajstić information content (AvgIpc) is 3.04. The highest BCUT2D eigenvalue weighted by Gasteiger charge is 2.11. The molecule has 0 fully saturated rings. The van der Waals surface area contributed by atoms with Crippen molar-refractivity contribution in [1.29, 1.82) is 5.26 Å². The van der Waals surface area contributed by atoms with Crippen LogP contribution in [-0.4, -0.2) is 4.98 Å². The van der Waals surface area contributed by atoms with Gasteiger partial charge in [0.1, 0.15) is 16.9 Å². The van der Waals surface area contributed by atoms with Gasteiger partial charge in [-0.15, -0.1) is 11.3 Å². The molecule has 0 saturated heterocycles. The fraction of sp³-hybridized carbons (Fsp3) is 0. The monoisotopic (exact) mass is 374 g/mol. The van der Waals surface area contributed by atoms with Gasteiger partial charge in [-0.2, -0.15) is 5.26 Å². The van der Waals surface area contributed by atoms with Crippen molar-refractivity contribution in [2.45, 2.75) is 0 Å². The summed E-state index contributed by atoms with van der Waals surface area (Å²) in [7, 11) is 0. The zero-order valence-electron chi connectivity index (χ0n) is 12.1. The summed E-state index contributed by atoms with van der Waals surface area (Å²) in [4.78, 5) is 4.48. The lowest BCUT2D eigenvalue weighted by Crippen LogP contribution is -1.84. The maximum Gasteiger partial charge on any atom is 0.134 e. The van der Waals surface area contributed by atoms with E-state index in [1.54, 1.807) is 36.4 Å². The number of aromatic nitrogens is 1. The van der Waals surface area contributed by atoms with Crippen LogP contribution >= 0.6 is 34.5 Å². The zero-order chi connectivity index (χ0) is 17.1. The van der Waals surface area contributed by atoms with Crippen LogP contribution in [-0.2, 0) is 0 Å². The molecular formula is C18H9Cl2FN2S. The SMILES string of the molecule is N#C/C(=C\c1ccc(F)cc1)c1nc(-c2ccc(Cl)cc2Cl)cs1. The first-order valence-electron chi connectivity index (χ1n) is 6.85. The second kappa shape index (κ2) is 7.14. The van der Waals surface area contributed by atoms with E-state index in [1.165, 1.54) is 23.5 Å². The minimum absolute atomic E-state index is 0.320. The molecule has 3 rings (SSSR count). The van der Waals surface area contributed by atoms with Crippen molar-refractivity contribution < 1.29 is 4.39 Å². The summed E-state index contributed by atoms with van der Waals surface area (Å²) in [5.74, 6) is -0.320. The van der Waals surface area contributed by atoms with Crippen LogP contribution in [0.25, 0.3) is 22.9 Å². The molecule has 1 aromatic heterocycles. The Morgan fingerprint density at radius 1 is 1.17 bits per heavy atom. The van der Waals surface area contributed by atoms with Gasteiger partial charge in [0, 0.05) is 16.0 Å². The zero-order valence-corrected chi connectivity index (χ0v) is 14.5. The van der Waals surface area contributed by atoms with Crippen molar-refractivity contribution in [1.82, 2.24) is 4.98 Å². The van der Waals surface area contributed by atoms with Gasteiger partial charge in [0.05, 0.1) is 16.3 Å². The van der Waals surface area contributed by atoms with Gasteiger partial charge in [0.2, 0.25) is 0 Å². The number of rotatable bonds is 3. The predicted octanol–water partition coefficient (Wildman–Crippen LogP) is 6.32. The Hall–Kier alpha value is -2.19. The number of allylic oxidation sites excluding steroid dienone is 1. The molecule has 0 amide bonds. The van der Waals surface area contributed by atoms with E-state index in [1.807, 2.05) is 5.38 Å². The number of hydrogen-bond donors (Lipinski definition) is 0. The molecule has 0 spiro atoms. The maximum atomic E-state index is 13.0. The largest absolute Gasteiger partial charge is 0.235 e. The lowest BCUT2D eigenvalue weighted by Gasteiger charge is -2.01. The molecule has 2 nitrogen and oxygen atoms in total. The molecule has 0 aliphatic heterocycles. The van der Waals surface area contributed by atoms with Gasteiger partial charge in [-0.3, -0.25) is 0 Å². The van der Waals surface area contributed by atoms with E-state index >= 15 is 0 Å². The Labute approximate surface area is 152 Å². The average molecular weight is 375 g/mol. The van der Waals surface area contributed by atoms with Crippen LogP contribution in [0.15, 0.2) is 47.8 Å². The number of hydrogen-bond acceptors (Lipinski definition) is 3. The number of halogens is 3. The molecule has 1 heterocycles. The van der Waals surface area contributed by atoms with Crippen molar-refractivity contribution in [2.75, 3.05) is 0 Å². The summed E-state index contributed by atoms with van der Waals surface area (Å²) in [6.45, 7) is 0. The van der Waals surface area contributed by atoms with Gasteiger partial charge in [-0.1, -0.05) is 35.3 Å².